The Bertz CT molecular complexity index is 497. The Hall–Kier alpha value is -0.360. The smallest absolute Gasteiger partial charge is 0.227 e. The second kappa shape index (κ2) is 8.48. The number of thiazole rings is 1. The van der Waals surface area contributed by atoms with Gasteiger partial charge in [0, 0.05) is 24.9 Å². The highest BCUT2D eigenvalue weighted by atomic mass is 35.5. The molecule has 2 atom stereocenters. The van der Waals surface area contributed by atoms with E-state index in [-0.39, 0.29) is 36.1 Å². The maximum absolute atomic E-state index is 12.6. The van der Waals surface area contributed by atoms with Crippen molar-refractivity contribution in [3.8, 4) is 0 Å². The van der Waals surface area contributed by atoms with Gasteiger partial charge in [-0.15, -0.1) is 36.2 Å². The first-order valence-corrected chi connectivity index (χ1v) is 8.49. The standard InChI is InChI=1S/C15H23N3OS.2ClH/c1-11-18-13(9-20-11)5-7-17-14(19)15-6-3-2-4-12(15)8-16-10-15;;/h9,12,16H,2-8,10H2,1H3,(H,17,19);2*1H/t12-,15+;;/m0../s1. The Morgan fingerprint density at radius 3 is 3.05 bits per heavy atom. The van der Waals surface area contributed by atoms with Crippen molar-refractivity contribution >= 4 is 42.1 Å². The number of nitrogens with zero attached hydrogens (tertiary/aromatic N) is 1. The molecule has 0 spiro atoms. The van der Waals surface area contributed by atoms with Crippen molar-refractivity contribution in [1.29, 1.82) is 0 Å². The lowest BCUT2D eigenvalue weighted by atomic mass is 9.67. The third-order valence-corrected chi connectivity index (χ3v) is 5.65. The zero-order chi connectivity index (χ0) is 14.0. The number of hydrogen-bond donors (Lipinski definition) is 2. The summed E-state index contributed by atoms with van der Waals surface area (Å²) in [5.74, 6) is 0.803. The normalized spacial score (nSPS) is 26.5. The average Bonchev–Trinajstić information content (AvgIpc) is 3.05. The summed E-state index contributed by atoms with van der Waals surface area (Å²) >= 11 is 1.67. The molecular weight excluding hydrogens is 341 g/mol. The zero-order valence-corrected chi connectivity index (χ0v) is 15.3. The predicted octanol–water partition coefficient (Wildman–Crippen LogP) is 2.73. The van der Waals surface area contributed by atoms with Gasteiger partial charge < -0.3 is 10.6 Å². The maximum Gasteiger partial charge on any atom is 0.227 e. The fraction of sp³-hybridized carbons (Fsp3) is 0.733. The molecule has 2 N–H and O–H groups in total. The summed E-state index contributed by atoms with van der Waals surface area (Å²) in [7, 11) is 0. The van der Waals surface area contributed by atoms with Gasteiger partial charge in [-0.25, -0.2) is 4.98 Å². The van der Waals surface area contributed by atoms with Crippen LogP contribution in [0.2, 0.25) is 0 Å². The molecule has 0 unspecified atom stereocenters. The SMILES string of the molecule is Cc1nc(CCNC(=O)[C@@]23CCCC[C@H]2CNC3)cs1.Cl.Cl. The number of amides is 1. The number of rotatable bonds is 4. The van der Waals surface area contributed by atoms with E-state index in [1.54, 1.807) is 11.3 Å². The zero-order valence-electron chi connectivity index (χ0n) is 12.9. The van der Waals surface area contributed by atoms with Gasteiger partial charge in [-0.2, -0.15) is 0 Å². The van der Waals surface area contributed by atoms with Crippen LogP contribution < -0.4 is 10.6 Å². The molecule has 0 aromatic carbocycles. The number of halogens is 2. The van der Waals surface area contributed by atoms with E-state index in [0.717, 1.165) is 36.6 Å². The summed E-state index contributed by atoms with van der Waals surface area (Å²) < 4.78 is 0. The number of aromatic nitrogens is 1. The first kappa shape index (κ1) is 19.7. The van der Waals surface area contributed by atoms with E-state index in [9.17, 15) is 4.79 Å². The van der Waals surface area contributed by atoms with Crippen molar-refractivity contribution in [1.82, 2.24) is 15.6 Å². The predicted molar refractivity (Wildman–Crippen MR) is 95.3 cm³/mol. The van der Waals surface area contributed by atoms with E-state index in [1.165, 1.54) is 19.3 Å². The lowest BCUT2D eigenvalue weighted by molar-refractivity contribution is -0.133. The van der Waals surface area contributed by atoms with Gasteiger partial charge in [0.2, 0.25) is 5.91 Å². The van der Waals surface area contributed by atoms with Crippen LogP contribution in [0, 0.1) is 18.3 Å². The van der Waals surface area contributed by atoms with Crippen LogP contribution >= 0.6 is 36.2 Å². The highest BCUT2D eigenvalue weighted by Gasteiger charge is 2.49. The van der Waals surface area contributed by atoms with Crippen LogP contribution in [0.4, 0.5) is 0 Å². The number of carbonyl (C=O) groups is 1. The van der Waals surface area contributed by atoms with E-state index in [4.69, 9.17) is 0 Å². The molecule has 1 saturated carbocycles. The van der Waals surface area contributed by atoms with Crippen molar-refractivity contribution in [2.45, 2.75) is 39.0 Å². The van der Waals surface area contributed by atoms with Gasteiger partial charge in [0.05, 0.1) is 16.1 Å². The summed E-state index contributed by atoms with van der Waals surface area (Å²) in [4.78, 5) is 17.1. The minimum Gasteiger partial charge on any atom is -0.355 e. The summed E-state index contributed by atoms with van der Waals surface area (Å²) in [5, 5.41) is 9.76. The molecular formula is C15H25Cl2N3OS. The first-order valence-electron chi connectivity index (χ1n) is 7.61. The molecule has 1 amide bonds. The summed E-state index contributed by atoms with van der Waals surface area (Å²) in [5.41, 5.74) is 0.964. The minimum absolute atomic E-state index is 0. The number of hydrogen-bond acceptors (Lipinski definition) is 4. The minimum atomic E-state index is -0.129. The van der Waals surface area contributed by atoms with Gasteiger partial charge in [-0.05, 0) is 32.2 Å². The average molecular weight is 366 g/mol. The molecule has 1 saturated heterocycles. The van der Waals surface area contributed by atoms with Crippen LogP contribution in [0.15, 0.2) is 5.38 Å². The Balaban J connectivity index is 0.00000121. The fourth-order valence-corrected chi connectivity index (χ4v) is 4.34. The fourth-order valence-electron chi connectivity index (χ4n) is 3.69. The third-order valence-electron chi connectivity index (χ3n) is 4.82. The first-order chi connectivity index (χ1) is 9.71. The molecule has 3 rings (SSSR count). The molecule has 22 heavy (non-hydrogen) atoms. The topological polar surface area (TPSA) is 54.0 Å². The van der Waals surface area contributed by atoms with Crippen LogP contribution in [0.25, 0.3) is 0 Å². The molecule has 1 aromatic heterocycles. The number of carbonyl (C=O) groups excluding carboxylic acids is 1. The molecule has 1 aliphatic heterocycles. The molecule has 2 fully saturated rings. The van der Waals surface area contributed by atoms with Crippen molar-refractivity contribution < 1.29 is 4.79 Å². The Kier molecular flexibility index (Phi) is 7.59. The monoisotopic (exact) mass is 365 g/mol. The van der Waals surface area contributed by atoms with E-state index in [1.807, 2.05) is 6.92 Å². The van der Waals surface area contributed by atoms with Gasteiger partial charge in [-0.1, -0.05) is 12.8 Å². The molecule has 1 aromatic rings. The maximum atomic E-state index is 12.6. The van der Waals surface area contributed by atoms with Crippen LogP contribution in [0.1, 0.15) is 36.4 Å². The van der Waals surface area contributed by atoms with Crippen LogP contribution in [0.3, 0.4) is 0 Å². The van der Waals surface area contributed by atoms with Crippen molar-refractivity contribution in [2.75, 3.05) is 19.6 Å². The second-order valence-corrected chi connectivity index (χ2v) is 7.16. The Morgan fingerprint density at radius 1 is 1.50 bits per heavy atom. The van der Waals surface area contributed by atoms with Crippen LogP contribution in [-0.4, -0.2) is 30.5 Å². The van der Waals surface area contributed by atoms with E-state index in [2.05, 4.69) is 21.0 Å². The third kappa shape index (κ3) is 3.94. The molecule has 2 heterocycles. The largest absolute Gasteiger partial charge is 0.355 e. The molecule has 1 aliphatic carbocycles. The van der Waals surface area contributed by atoms with E-state index < -0.39 is 0 Å². The van der Waals surface area contributed by atoms with Crippen LogP contribution in [-0.2, 0) is 11.2 Å². The summed E-state index contributed by atoms with van der Waals surface area (Å²) in [6.45, 7) is 4.59. The summed E-state index contributed by atoms with van der Waals surface area (Å²) in [6, 6.07) is 0. The highest BCUT2D eigenvalue weighted by Crippen LogP contribution is 2.43. The number of aryl methyl sites for hydroxylation is 1. The van der Waals surface area contributed by atoms with Crippen LogP contribution in [0.5, 0.6) is 0 Å². The Morgan fingerprint density at radius 2 is 2.32 bits per heavy atom. The van der Waals surface area contributed by atoms with Crippen molar-refractivity contribution in [2.24, 2.45) is 11.3 Å². The quantitative estimate of drug-likeness (QED) is 0.862. The molecule has 7 heteroatoms. The van der Waals surface area contributed by atoms with Crippen molar-refractivity contribution in [3.63, 3.8) is 0 Å². The molecule has 2 aliphatic rings. The number of fused-ring (bicyclic) bond motifs is 1. The Labute approximate surface area is 148 Å². The molecule has 4 nitrogen and oxygen atoms in total. The van der Waals surface area contributed by atoms with Gasteiger partial charge in [0.25, 0.3) is 0 Å². The molecule has 0 radical (unpaired) electrons. The van der Waals surface area contributed by atoms with E-state index in [0.29, 0.717) is 12.5 Å². The lowest BCUT2D eigenvalue weighted by Crippen LogP contribution is -2.48. The van der Waals surface area contributed by atoms with Gasteiger partial charge in [0.15, 0.2) is 0 Å². The summed E-state index contributed by atoms with van der Waals surface area (Å²) in [6.07, 6.45) is 5.55. The highest BCUT2D eigenvalue weighted by molar-refractivity contribution is 7.09. The molecule has 0 bridgehead atoms. The van der Waals surface area contributed by atoms with Gasteiger partial charge in [-0.3, -0.25) is 4.79 Å². The second-order valence-electron chi connectivity index (χ2n) is 6.09. The van der Waals surface area contributed by atoms with Gasteiger partial charge in [0.1, 0.15) is 0 Å². The van der Waals surface area contributed by atoms with E-state index >= 15 is 0 Å². The number of nitrogens with one attached hydrogen (secondary N) is 2. The van der Waals surface area contributed by atoms with Gasteiger partial charge >= 0.3 is 0 Å². The molecule has 126 valence electrons. The van der Waals surface area contributed by atoms with Crippen molar-refractivity contribution in [3.05, 3.63) is 16.1 Å². The lowest BCUT2D eigenvalue weighted by Gasteiger charge is -2.37.